The Morgan fingerprint density at radius 2 is 1.50 bits per heavy atom. The van der Waals surface area contributed by atoms with Crippen molar-refractivity contribution in [2.45, 2.75) is 33.6 Å². The van der Waals surface area contributed by atoms with Gasteiger partial charge in [-0.15, -0.1) is 0 Å². The summed E-state index contributed by atoms with van der Waals surface area (Å²) in [5.41, 5.74) is -1.45. The van der Waals surface area contributed by atoms with Gasteiger partial charge in [-0.3, -0.25) is 28.8 Å². The van der Waals surface area contributed by atoms with E-state index in [1.54, 1.807) is 6.08 Å². The van der Waals surface area contributed by atoms with Crippen LogP contribution >= 0.6 is 0 Å². The fraction of sp³-hybridized carbons (Fsp3) is 0.364. The Kier molecular flexibility index (Phi) is 4.76. The van der Waals surface area contributed by atoms with Crippen molar-refractivity contribution in [3.63, 3.8) is 0 Å². The third kappa shape index (κ3) is 3.02. The standard InChI is InChI=1S/C22H18O10/c1-8(23)29-13-7-12-11-5-6-22(4,16-14(11)20(27)32-21(16)28)19(26)15(12)18(31-10(3)25)17(13)30-9(2)24/h5-7,11,14,16H,1-4H3. The summed E-state index contributed by atoms with van der Waals surface area (Å²) in [5.74, 6) is -8.72. The van der Waals surface area contributed by atoms with Gasteiger partial charge in [-0.25, -0.2) is 0 Å². The van der Waals surface area contributed by atoms with E-state index >= 15 is 0 Å². The number of ketones is 1. The van der Waals surface area contributed by atoms with Crippen LogP contribution in [0.15, 0.2) is 18.2 Å². The Hall–Kier alpha value is -3.82. The summed E-state index contributed by atoms with van der Waals surface area (Å²) in [6.07, 6.45) is 3.13. The normalized spacial score (nSPS) is 27.2. The molecule has 1 fully saturated rings. The molecule has 3 aliphatic carbocycles. The lowest BCUT2D eigenvalue weighted by molar-refractivity contribution is -0.154. The molecule has 0 spiro atoms. The lowest BCUT2D eigenvalue weighted by Crippen LogP contribution is -2.42. The van der Waals surface area contributed by atoms with Gasteiger partial charge in [0, 0.05) is 26.7 Å². The number of esters is 5. The average molecular weight is 442 g/mol. The van der Waals surface area contributed by atoms with Crippen LogP contribution in [0.2, 0.25) is 0 Å². The van der Waals surface area contributed by atoms with Crippen LogP contribution in [-0.2, 0) is 28.7 Å². The van der Waals surface area contributed by atoms with E-state index in [1.807, 2.05) is 0 Å². The Bertz CT molecular complexity index is 1160. The van der Waals surface area contributed by atoms with Crippen molar-refractivity contribution >= 4 is 35.6 Å². The van der Waals surface area contributed by atoms with Gasteiger partial charge in [-0.1, -0.05) is 12.2 Å². The summed E-state index contributed by atoms with van der Waals surface area (Å²) in [5, 5.41) is 0. The Balaban J connectivity index is 2.08. The molecule has 4 aliphatic rings. The molecular formula is C22H18O10. The number of Topliss-reactive ketones (excluding diaryl/α,β-unsaturated/α-hetero) is 1. The lowest BCUT2D eigenvalue weighted by Gasteiger charge is -2.33. The van der Waals surface area contributed by atoms with Crippen LogP contribution in [0.25, 0.3) is 0 Å². The maximum Gasteiger partial charge on any atom is 0.318 e. The monoisotopic (exact) mass is 442 g/mol. The van der Waals surface area contributed by atoms with Crippen LogP contribution in [-0.4, -0.2) is 35.6 Å². The molecule has 5 rings (SSSR count). The van der Waals surface area contributed by atoms with E-state index < -0.39 is 70.3 Å². The third-order valence-electron chi connectivity index (χ3n) is 5.82. The van der Waals surface area contributed by atoms with Gasteiger partial charge in [0.05, 0.1) is 22.8 Å². The van der Waals surface area contributed by atoms with Gasteiger partial charge >= 0.3 is 29.8 Å². The molecule has 2 bridgehead atoms. The predicted molar refractivity (Wildman–Crippen MR) is 103 cm³/mol. The third-order valence-corrected chi connectivity index (χ3v) is 5.82. The topological polar surface area (TPSA) is 139 Å². The number of allylic oxidation sites excluding steroid dienone is 2. The molecule has 0 amide bonds. The number of hydrogen-bond acceptors (Lipinski definition) is 10. The first kappa shape index (κ1) is 21.4. The van der Waals surface area contributed by atoms with Crippen molar-refractivity contribution in [1.82, 2.24) is 0 Å². The van der Waals surface area contributed by atoms with Crippen LogP contribution < -0.4 is 14.2 Å². The number of benzene rings is 1. The highest BCUT2D eigenvalue weighted by molar-refractivity contribution is 6.13. The molecule has 32 heavy (non-hydrogen) atoms. The maximum absolute atomic E-state index is 13.8. The van der Waals surface area contributed by atoms with Crippen molar-refractivity contribution in [3.05, 3.63) is 29.3 Å². The maximum atomic E-state index is 13.8. The molecule has 1 aliphatic heterocycles. The average Bonchev–Trinajstić information content (AvgIpc) is 2.89. The molecule has 1 aromatic rings. The number of hydrogen-bond donors (Lipinski definition) is 0. The molecular weight excluding hydrogens is 424 g/mol. The van der Waals surface area contributed by atoms with E-state index in [9.17, 15) is 28.8 Å². The SMILES string of the molecule is CC(=O)Oc1cc2c(c(OC(C)=O)c1OC(C)=O)C(=O)C1(C)C=CC2C2C(=O)OC(=O)C21. The first-order valence-corrected chi connectivity index (χ1v) is 9.71. The number of rotatable bonds is 3. The van der Waals surface area contributed by atoms with Gasteiger partial charge in [-0.05, 0) is 18.6 Å². The number of carbonyl (C=O) groups excluding carboxylic acids is 6. The molecule has 10 heteroatoms. The number of ether oxygens (including phenoxy) is 4. The molecule has 1 aromatic carbocycles. The Morgan fingerprint density at radius 3 is 2.09 bits per heavy atom. The van der Waals surface area contributed by atoms with Gasteiger partial charge in [-0.2, -0.15) is 0 Å². The van der Waals surface area contributed by atoms with Crippen molar-refractivity contribution < 1.29 is 47.7 Å². The Morgan fingerprint density at radius 1 is 0.906 bits per heavy atom. The van der Waals surface area contributed by atoms with Crippen molar-refractivity contribution in [3.8, 4) is 17.2 Å². The summed E-state index contributed by atoms with van der Waals surface area (Å²) in [6, 6.07) is 1.28. The van der Waals surface area contributed by atoms with E-state index in [-0.39, 0.29) is 16.9 Å². The van der Waals surface area contributed by atoms with Crippen molar-refractivity contribution in [1.29, 1.82) is 0 Å². The summed E-state index contributed by atoms with van der Waals surface area (Å²) in [7, 11) is 0. The van der Waals surface area contributed by atoms with E-state index in [0.717, 1.165) is 20.8 Å². The second kappa shape index (κ2) is 7.11. The zero-order valence-electron chi connectivity index (χ0n) is 17.5. The summed E-state index contributed by atoms with van der Waals surface area (Å²) >= 11 is 0. The number of carbonyl (C=O) groups is 6. The molecule has 10 nitrogen and oxygen atoms in total. The van der Waals surface area contributed by atoms with Gasteiger partial charge in [0.25, 0.3) is 0 Å². The van der Waals surface area contributed by atoms with Crippen LogP contribution in [0.1, 0.15) is 49.5 Å². The van der Waals surface area contributed by atoms with Gasteiger partial charge in [0.15, 0.2) is 17.3 Å². The minimum atomic E-state index is -1.49. The highest BCUT2D eigenvalue weighted by Gasteiger charge is 2.63. The first-order chi connectivity index (χ1) is 15.0. The van der Waals surface area contributed by atoms with Crippen molar-refractivity contribution in [2.75, 3.05) is 0 Å². The van der Waals surface area contributed by atoms with Crippen molar-refractivity contribution in [2.24, 2.45) is 17.3 Å². The largest absolute Gasteiger partial charge is 0.423 e. The molecule has 1 heterocycles. The molecule has 4 atom stereocenters. The number of cyclic esters (lactones) is 2. The first-order valence-electron chi connectivity index (χ1n) is 9.71. The van der Waals surface area contributed by atoms with Crippen LogP contribution in [0.5, 0.6) is 17.2 Å². The predicted octanol–water partition coefficient (Wildman–Crippen LogP) is 1.63. The molecule has 0 saturated carbocycles. The van der Waals surface area contributed by atoms with Crippen LogP contribution in [0.3, 0.4) is 0 Å². The van der Waals surface area contributed by atoms with E-state index in [4.69, 9.17) is 18.9 Å². The molecule has 0 N–H and O–H groups in total. The van der Waals surface area contributed by atoms with Gasteiger partial charge in [0.2, 0.25) is 5.75 Å². The smallest absolute Gasteiger partial charge is 0.318 e. The van der Waals surface area contributed by atoms with Crippen LogP contribution in [0.4, 0.5) is 0 Å². The second-order valence-corrected chi connectivity index (χ2v) is 8.02. The molecule has 166 valence electrons. The quantitative estimate of drug-likeness (QED) is 0.294. The fourth-order valence-corrected chi connectivity index (χ4v) is 4.64. The molecule has 0 radical (unpaired) electrons. The highest BCUT2D eigenvalue weighted by Crippen LogP contribution is 2.59. The second-order valence-electron chi connectivity index (χ2n) is 8.02. The zero-order valence-corrected chi connectivity index (χ0v) is 17.5. The molecule has 4 unspecified atom stereocenters. The molecule has 1 saturated heterocycles. The summed E-state index contributed by atoms with van der Waals surface area (Å²) in [4.78, 5) is 74.2. The van der Waals surface area contributed by atoms with Gasteiger partial charge in [0.1, 0.15) is 0 Å². The fourth-order valence-electron chi connectivity index (χ4n) is 4.64. The van der Waals surface area contributed by atoms with E-state index in [2.05, 4.69) is 0 Å². The van der Waals surface area contributed by atoms with E-state index in [0.29, 0.717) is 0 Å². The summed E-state index contributed by atoms with van der Waals surface area (Å²) < 4.78 is 20.5. The Labute approximate surface area is 181 Å². The van der Waals surface area contributed by atoms with E-state index in [1.165, 1.54) is 19.1 Å². The lowest BCUT2D eigenvalue weighted by atomic mass is 9.63. The highest BCUT2D eigenvalue weighted by atomic mass is 16.6. The van der Waals surface area contributed by atoms with Crippen LogP contribution in [0, 0.1) is 17.3 Å². The minimum Gasteiger partial charge on any atom is -0.423 e. The minimum absolute atomic E-state index is 0.139. The van der Waals surface area contributed by atoms with Gasteiger partial charge < -0.3 is 18.9 Å². The zero-order chi connectivity index (χ0) is 23.5. The summed E-state index contributed by atoms with van der Waals surface area (Å²) in [6.45, 7) is 4.75. The molecule has 0 aromatic heterocycles.